The number of aromatic nitrogens is 2. The molecule has 1 aromatic heterocycles. The van der Waals surface area contributed by atoms with E-state index in [4.69, 9.17) is 9.47 Å². The average Bonchev–Trinajstić information content (AvgIpc) is 3.40. The molecule has 0 saturated heterocycles. The van der Waals surface area contributed by atoms with Crippen LogP contribution in [-0.4, -0.2) is 22.0 Å². The number of rotatable bonds is 22. The van der Waals surface area contributed by atoms with Gasteiger partial charge in [0.25, 0.3) is 0 Å². The van der Waals surface area contributed by atoms with E-state index in [-0.39, 0.29) is 0 Å². The SMILES string of the molecule is CCCCCCC(CCCC)COc1c(OCC(CCCC)CCCCCC)c(Br)c2nsnc2c1Br. The van der Waals surface area contributed by atoms with Crippen molar-refractivity contribution in [2.75, 3.05) is 13.2 Å². The van der Waals surface area contributed by atoms with Crippen LogP contribution >= 0.6 is 43.6 Å². The molecule has 2 aromatic rings. The third kappa shape index (κ3) is 11.3. The van der Waals surface area contributed by atoms with Gasteiger partial charge in [0.1, 0.15) is 11.0 Å². The van der Waals surface area contributed by atoms with Gasteiger partial charge in [-0.15, -0.1) is 0 Å². The van der Waals surface area contributed by atoms with E-state index in [1.807, 2.05) is 0 Å². The van der Waals surface area contributed by atoms with E-state index in [0.717, 1.165) is 31.5 Å². The molecule has 2 unspecified atom stereocenters. The summed E-state index contributed by atoms with van der Waals surface area (Å²) in [6, 6.07) is 0. The van der Waals surface area contributed by atoms with Crippen molar-refractivity contribution in [1.82, 2.24) is 8.75 Å². The van der Waals surface area contributed by atoms with Gasteiger partial charge in [0.15, 0.2) is 11.5 Å². The molecular weight excluding hydrogens is 612 g/mol. The number of ether oxygens (including phenoxy) is 2. The maximum absolute atomic E-state index is 6.60. The lowest BCUT2D eigenvalue weighted by molar-refractivity contribution is 0.191. The van der Waals surface area contributed by atoms with Crippen molar-refractivity contribution in [3.8, 4) is 11.5 Å². The summed E-state index contributed by atoms with van der Waals surface area (Å²) in [5, 5.41) is 0. The zero-order valence-corrected chi connectivity index (χ0v) is 27.7. The smallest absolute Gasteiger partial charge is 0.178 e. The summed E-state index contributed by atoms with van der Waals surface area (Å²) in [6.45, 7) is 10.5. The normalized spacial score (nSPS) is 13.2. The molecule has 37 heavy (non-hydrogen) atoms. The fourth-order valence-electron chi connectivity index (χ4n) is 4.88. The van der Waals surface area contributed by atoms with E-state index in [1.165, 1.54) is 114 Å². The molecule has 212 valence electrons. The molecule has 0 bridgehead atoms. The molecule has 1 aromatic carbocycles. The van der Waals surface area contributed by atoms with Crippen molar-refractivity contribution in [3.63, 3.8) is 0 Å². The molecule has 7 heteroatoms. The molecule has 0 aliphatic carbocycles. The molecule has 0 amide bonds. The van der Waals surface area contributed by atoms with E-state index in [0.29, 0.717) is 25.0 Å². The molecule has 0 aliphatic rings. The Hall–Kier alpha value is -0.400. The summed E-state index contributed by atoms with van der Waals surface area (Å²) in [5.74, 6) is 2.69. The summed E-state index contributed by atoms with van der Waals surface area (Å²) < 4.78 is 24.0. The molecule has 0 radical (unpaired) electrons. The zero-order chi connectivity index (χ0) is 26.9. The maximum Gasteiger partial charge on any atom is 0.178 e. The highest BCUT2D eigenvalue weighted by molar-refractivity contribution is 9.11. The molecule has 2 atom stereocenters. The second-order valence-corrected chi connectivity index (χ2v) is 12.7. The highest BCUT2D eigenvalue weighted by Gasteiger charge is 2.24. The molecular formula is C30H50Br2N2O2S. The van der Waals surface area contributed by atoms with Gasteiger partial charge in [-0.3, -0.25) is 0 Å². The Morgan fingerprint density at radius 2 is 0.946 bits per heavy atom. The first kappa shape index (κ1) is 32.8. The summed E-state index contributed by atoms with van der Waals surface area (Å²) in [4.78, 5) is 0. The van der Waals surface area contributed by atoms with Gasteiger partial charge in [-0.2, -0.15) is 8.75 Å². The van der Waals surface area contributed by atoms with Crippen molar-refractivity contribution >= 4 is 54.6 Å². The first-order valence-electron chi connectivity index (χ1n) is 15.0. The summed E-state index contributed by atoms with van der Waals surface area (Å²) in [5.41, 5.74) is 1.68. The minimum atomic E-state index is 0.565. The van der Waals surface area contributed by atoms with E-state index in [9.17, 15) is 0 Å². The predicted molar refractivity (Wildman–Crippen MR) is 167 cm³/mol. The van der Waals surface area contributed by atoms with Crippen LogP contribution in [0.2, 0.25) is 0 Å². The fraction of sp³-hybridized carbons (Fsp3) is 0.800. The Bertz CT molecular complexity index is 809. The number of nitrogens with zero attached hydrogens (tertiary/aromatic N) is 2. The number of unbranched alkanes of at least 4 members (excludes halogenated alkanes) is 8. The van der Waals surface area contributed by atoms with Crippen LogP contribution < -0.4 is 9.47 Å². The van der Waals surface area contributed by atoms with Gasteiger partial charge in [0.2, 0.25) is 0 Å². The monoisotopic (exact) mass is 660 g/mol. The Labute approximate surface area is 247 Å². The van der Waals surface area contributed by atoms with Crippen molar-refractivity contribution in [2.24, 2.45) is 11.8 Å². The van der Waals surface area contributed by atoms with Crippen LogP contribution in [-0.2, 0) is 0 Å². The van der Waals surface area contributed by atoms with Crippen molar-refractivity contribution in [2.45, 2.75) is 130 Å². The van der Waals surface area contributed by atoms with Crippen molar-refractivity contribution in [1.29, 1.82) is 0 Å². The third-order valence-corrected chi connectivity index (χ3v) is 9.30. The minimum absolute atomic E-state index is 0.565. The lowest BCUT2D eigenvalue weighted by Gasteiger charge is -2.23. The minimum Gasteiger partial charge on any atom is -0.488 e. The summed E-state index contributed by atoms with van der Waals surface area (Å²) >= 11 is 8.85. The summed E-state index contributed by atoms with van der Waals surface area (Å²) in [7, 11) is 0. The number of benzene rings is 1. The van der Waals surface area contributed by atoms with Crippen LogP contribution in [0.1, 0.15) is 130 Å². The van der Waals surface area contributed by atoms with Gasteiger partial charge in [-0.05, 0) is 69.4 Å². The maximum atomic E-state index is 6.60. The van der Waals surface area contributed by atoms with Gasteiger partial charge >= 0.3 is 0 Å². The van der Waals surface area contributed by atoms with Crippen LogP contribution in [0.3, 0.4) is 0 Å². The van der Waals surface area contributed by atoms with Gasteiger partial charge in [0.05, 0.1) is 33.9 Å². The van der Waals surface area contributed by atoms with Crippen LogP contribution in [0.4, 0.5) is 0 Å². The quantitative estimate of drug-likeness (QED) is 0.118. The molecule has 1 heterocycles. The second kappa shape index (κ2) is 19.6. The lowest BCUT2D eigenvalue weighted by Crippen LogP contribution is -2.16. The van der Waals surface area contributed by atoms with Gasteiger partial charge in [-0.25, -0.2) is 0 Å². The molecule has 2 rings (SSSR count). The number of hydrogen-bond donors (Lipinski definition) is 0. The van der Waals surface area contributed by atoms with E-state index >= 15 is 0 Å². The topological polar surface area (TPSA) is 44.2 Å². The van der Waals surface area contributed by atoms with Gasteiger partial charge in [0, 0.05) is 0 Å². The van der Waals surface area contributed by atoms with Crippen LogP contribution in [0, 0.1) is 11.8 Å². The molecule has 0 fully saturated rings. The van der Waals surface area contributed by atoms with Crippen LogP contribution in [0.5, 0.6) is 11.5 Å². The molecule has 4 nitrogen and oxygen atoms in total. The van der Waals surface area contributed by atoms with Crippen molar-refractivity contribution in [3.05, 3.63) is 8.95 Å². The largest absolute Gasteiger partial charge is 0.488 e. The van der Waals surface area contributed by atoms with Gasteiger partial charge in [-0.1, -0.05) is 105 Å². The third-order valence-electron chi connectivity index (χ3n) is 7.30. The molecule has 0 saturated carbocycles. The standard InChI is InChI=1S/C30H50Br2N2O2S/c1-5-9-13-15-19-23(17-11-7-3)21-35-29-25(31)27-28(34-37-33-27)26(32)30(29)36-22-24(18-12-8-4)20-16-14-10-6-2/h23-24H,5-22H2,1-4H3. The average molecular weight is 663 g/mol. The molecule has 0 spiro atoms. The highest BCUT2D eigenvalue weighted by Crippen LogP contribution is 2.47. The van der Waals surface area contributed by atoms with Crippen molar-refractivity contribution < 1.29 is 9.47 Å². The molecule has 0 N–H and O–H groups in total. The predicted octanol–water partition coefficient (Wildman–Crippen LogP) is 11.5. The Morgan fingerprint density at radius 1 is 0.568 bits per heavy atom. The first-order chi connectivity index (χ1) is 18.1. The fourth-order valence-corrected chi connectivity index (χ4v) is 6.81. The second-order valence-electron chi connectivity index (χ2n) is 10.6. The number of fused-ring (bicyclic) bond motifs is 1. The Balaban J connectivity index is 2.19. The van der Waals surface area contributed by atoms with Gasteiger partial charge < -0.3 is 9.47 Å². The first-order valence-corrected chi connectivity index (χ1v) is 17.3. The van der Waals surface area contributed by atoms with Crippen LogP contribution in [0.15, 0.2) is 8.95 Å². The van der Waals surface area contributed by atoms with Crippen LogP contribution in [0.25, 0.3) is 11.0 Å². The van der Waals surface area contributed by atoms with E-state index in [2.05, 4.69) is 68.3 Å². The number of hydrogen-bond acceptors (Lipinski definition) is 5. The summed E-state index contributed by atoms with van der Waals surface area (Å²) in [6.07, 6.45) is 20.2. The molecule has 0 aliphatic heterocycles. The highest BCUT2D eigenvalue weighted by atomic mass is 79.9. The zero-order valence-electron chi connectivity index (χ0n) is 23.8. The van der Waals surface area contributed by atoms with E-state index < -0.39 is 0 Å². The van der Waals surface area contributed by atoms with E-state index in [1.54, 1.807) is 0 Å². The lowest BCUT2D eigenvalue weighted by atomic mass is 9.96. The Kier molecular flexibility index (Phi) is 17.4. The Morgan fingerprint density at radius 3 is 1.32 bits per heavy atom. The number of halogens is 2.